The van der Waals surface area contributed by atoms with E-state index >= 15 is 0 Å². The van der Waals surface area contributed by atoms with Crippen molar-refractivity contribution in [2.24, 2.45) is 0 Å². The molecule has 1 heterocycles. The molecule has 0 N–H and O–H groups in total. The van der Waals surface area contributed by atoms with Gasteiger partial charge in [-0.25, -0.2) is 0 Å². The third-order valence-corrected chi connectivity index (χ3v) is 3.06. The van der Waals surface area contributed by atoms with Crippen molar-refractivity contribution in [3.05, 3.63) is 35.1 Å². The van der Waals surface area contributed by atoms with Crippen LogP contribution in [0.5, 0.6) is 5.75 Å². The number of methoxy groups -OCH3 is 2. The van der Waals surface area contributed by atoms with Gasteiger partial charge in [-0.15, -0.1) is 0 Å². The number of rotatable bonds is 1. The summed E-state index contributed by atoms with van der Waals surface area (Å²) in [6.45, 7) is 0. The largest absolute Gasteiger partial charge is 1.00 e. The Balaban J connectivity index is 0.00000162. The van der Waals surface area contributed by atoms with Crippen LogP contribution < -0.4 is 21.7 Å². The van der Waals surface area contributed by atoms with E-state index in [0.29, 0.717) is 0 Å². The van der Waals surface area contributed by atoms with Gasteiger partial charge in [-0.3, -0.25) is 0 Å². The van der Waals surface area contributed by atoms with Gasteiger partial charge in [-0.05, 0) is 34.1 Å². The minimum atomic E-state index is -0.435. The highest BCUT2D eigenvalue weighted by Gasteiger charge is 2.17. The highest BCUT2D eigenvalue weighted by atomic mass is 79.9. The maximum atomic E-state index is 11.5. The topological polar surface area (TPSA) is 39.4 Å². The zero-order valence-corrected chi connectivity index (χ0v) is 12.2. The SMILES string of the molecule is COC(=O)[n+]1cc(Br)c2ccc(OC)cc2c1.[Cl-]. The highest BCUT2D eigenvalue weighted by molar-refractivity contribution is 9.10. The lowest BCUT2D eigenvalue weighted by atomic mass is 10.2. The van der Waals surface area contributed by atoms with Crippen LogP contribution in [0.4, 0.5) is 4.79 Å². The van der Waals surface area contributed by atoms with Crippen LogP contribution in [-0.2, 0) is 4.74 Å². The van der Waals surface area contributed by atoms with Gasteiger partial charge in [0, 0.05) is 5.39 Å². The van der Waals surface area contributed by atoms with Gasteiger partial charge in [0.2, 0.25) is 0 Å². The molecule has 18 heavy (non-hydrogen) atoms. The fourth-order valence-corrected chi connectivity index (χ4v) is 2.16. The van der Waals surface area contributed by atoms with E-state index in [1.165, 1.54) is 11.7 Å². The second kappa shape index (κ2) is 6.02. The molecule has 0 aliphatic heterocycles. The number of fused-ring (bicyclic) bond motifs is 1. The first kappa shape index (κ1) is 14.7. The Morgan fingerprint density at radius 2 is 2.00 bits per heavy atom. The van der Waals surface area contributed by atoms with Gasteiger partial charge in [0.1, 0.15) is 5.75 Å². The van der Waals surface area contributed by atoms with Crippen molar-refractivity contribution in [3.63, 3.8) is 0 Å². The van der Waals surface area contributed by atoms with Crippen LogP contribution in [0.15, 0.2) is 35.1 Å². The maximum absolute atomic E-state index is 11.5. The first-order chi connectivity index (χ1) is 8.15. The summed E-state index contributed by atoms with van der Waals surface area (Å²) in [5.41, 5.74) is 0. The molecule has 1 aromatic carbocycles. The number of ether oxygens (including phenoxy) is 2. The molecule has 0 bridgehead atoms. The molecule has 6 heteroatoms. The third-order valence-electron chi connectivity index (χ3n) is 2.43. The molecule has 2 aromatic rings. The summed E-state index contributed by atoms with van der Waals surface area (Å²) >= 11 is 3.42. The summed E-state index contributed by atoms with van der Waals surface area (Å²) in [6.07, 6.45) is 2.94. The number of aromatic nitrogens is 1. The molecule has 0 saturated carbocycles. The van der Waals surface area contributed by atoms with Gasteiger partial charge < -0.3 is 21.9 Å². The molecule has 2 rings (SSSR count). The number of hydrogen-bond acceptors (Lipinski definition) is 3. The minimum absolute atomic E-state index is 0. The third kappa shape index (κ3) is 2.73. The average Bonchev–Trinajstić information content (AvgIpc) is 2.36. The van der Waals surface area contributed by atoms with Crippen molar-refractivity contribution in [3.8, 4) is 5.75 Å². The minimum Gasteiger partial charge on any atom is -1.00 e. The number of benzene rings is 1. The van der Waals surface area contributed by atoms with Crippen molar-refractivity contribution < 1.29 is 31.2 Å². The van der Waals surface area contributed by atoms with Crippen LogP contribution in [-0.4, -0.2) is 20.3 Å². The van der Waals surface area contributed by atoms with E-state index in [-0.39, 0.29) is 12.4 Å². The molecule has 0 aliphatic carbocycles. The predicted octanol–water partition coefficient (Wildman–Crippen LogP) is -0.483. The summed E-state index contributed by atoms with van der Waals surface area (Å²) in [6, 6.07) is 5.66. The maximum Gasteiger partial charge on any atom is 0.601 e. The Labute approximate surface area is 119 Å². The number of carbonyl (C=O) groups excluding carboxylic acids is 1. The van der Waals surface area contributed by atoms with Crippen LogP contribution in [0.1, 0.15) is 0 Å². The second-order valence-corrected chi connectivity index (χ2v) is 4.29. The molecule has 0 amide bonds. The van der Waals surface area contributed by atoms with E-state index < -0.39 is 6.09 Å². The summed E-state index contributed by atoms with van der Waals surface area (Å²) in [5.74, 6) is 0.743. The van der Waals surface area contributed by atoms with Crippen LogP contribution in [0.25, 0.3) is 10.8 Å². The molecule has 0 radical (unpaired) electrons. The van der Waals surface area contributed by atoms with Gasteiger partial charge >= 0.3 is 6.09 Å². The van der Waals surface area contributed by atoms with E-state index in [1.807, 2.05) is 18.2 Å². The Hall–Kier alpha value is -1.33. The van der Waals surface area contributed by atoms with Crippen molar-refractivity contribution in [1.82, 2.24) is 0 Å². The van der Waals surface area contributed by atoms with E-state index in [9.17, 15) is 4.79 Å². The Kier molecular flexibility index (Phi) is 4.93. The van der Waals surface area contributed by atoms with Crippen LogP contribution in [0.3, 0.4) is 0 Å². The fraction of sp³-hybridized carbons (Fsp3) is 0.167. The van der Waals surface area contributed by atoms with Crippen molar-refractivity contribution in [2.45, 2.75) is 0 Å². The molecule has 1 aromatic heterocycles. The summed E-state index contributed by atoms with van der Waals surface area (Å²) in [4.78, 5) is 11.5. The van der Waals surface area contributed by atoms with Gasteiger partial charge in [-0.1, -0.05) is 4.57 Å². The number of nitrogens with zero attached hydrogens (tertiary/aromatic N) is 1. The molecule has 0 fully saturated rings. The molecule has 96 valence electrons. The standard InChI is InChI=1S/C12H11BrNO3.ClH/c1-16-9-3-4-10-8(5-9)6-14(7-11(10)13)12(15)17-2;/h3-7H,1-2H3;1H/q+1;/p-1. The lowest BCUT2D eigenvalue weighted by Gasteiger charge is -2.02. The van der Waals surface area contributed by atoms with Crippen molar-refractivity contribution >= 4 is 32.8 Å². The lowest BCUT2D eigenvalue weighted by Crippen LogP contribution is -3.00. The molecule has 4 nitrogen and oxygen atoms in total. The fourth-order valence-electron chi connectivity index (χ4n) is 1.58. The van der Waals surface area contributed by atoms with Crippen LogP contribution in [0, 0.1) is 0 Å². The number of hydrogen-bond donors (Lipinski definition) is 0. The van der Waals surface area contributed by atoms with Crippen LogP contribution in [0.2, 0.25) is 0 Å². The molecule has 0 atom stereocenters. The van der Waals surface area contributed by atoms with Crippen LogP contribution >= 0.6 is 15.9 Å². The summed E-state index contributed by atoms with van der Waals surface area (Å²) < 4.78 is 12.0. The molecular weight excluding hydrogens is 321 g/mol. The van der Waals surface area contributed by atoms with E-state index in [0.717, 1.165) is 21.0 Å². The number of pyridine rings is 1. The predicted molar refractivity (Wildman–Crippen MR) is 66.2 cm³/mol. The molecule has 0 aliphatic rings. The number of carbonyl (C=O) groups is 1. The molecule has 0 unspecified atom stereocenters. The van der Waals surface area contributed by atoms with Gasteiger partial charge in [0.25, 0.3) is 0 Å². The first-order valence-electron chi connectivity index (χ1n) is 4.92. The van der Waals surface area contributed by atoms with Crippen molar-refractivity contribution in [1.29, 1.82) is 0 Å². The quantitative estimate of drug-likeness (QED) is 0.662. The van der Waals surface area contributed by atoms with Gasteiger partial charge in [0.15, 0.2) is 12.4 Å². The zero-order valence-electron chi connectivity index (χ0n) is 9.81. The van der Waals surface area contributed by atoms with E-state index in [1.54, 1.807) is 19.5 Å². The molecule has 0 spiro atoms. The Morgan fingerprint density at radius 1 is 1.28 bits per heavy atom. The Bertz CT molecular complexity index is 589. The van der Waals surface area contributed by atoms with E-state index in [4.69, 9.17) is 4.74 Å². The van der Waals surface area contributed by atoms with E-state index in [2.05, 4.69) is 20.7 Å². The number of halogens is 2. The lowest BCUT2D eigenvalue weighted by molar-refractivity contribution is -0.584. The average molecular weight is 333 g/mol. The monoisotopic (exact) mass is 331 g/mol. The molecule has 0 saturated heterocycles. The smallest absolute Gasteiger partial charge is 0.601 e. The van der Waals surface area contributed by atoms with Gasteiger partial charge in [0.05, 0.1) is 24.1 Å². The first-order valence-corrected chi connectivity index (χ1v) is 5.72. The normalized spacial score (nSPS) is 9.72. The second-order valence-electron chi connectivity index (χ2n) is 3.44. The Morgan fingerprint density at radius 3 is 2.61 bits per heavy atom. The summed E-state index contributed by atoms with van der Waals surface area (Å²) in [7, 11) is 2.95. The van der Waals surface area contributed by atoms with Gasteiger partial charge in [-0.2, -0.15) is 4.79 Å². The highest BCUT2D eigenvalue weighted by Crippen LogP contribution is 2.25. The van der Waals surface area contributed by atoms with Crippen molar-refractivity contribution in [2.75, 3.05) is 14.2 Å². The molecular formula is C12H11BrClNO3. The summed E-state index contributed by atoms with van der Waals surface area (Å²) in [5, 5.41) is 1.90. The zero-order chi connectivity index (χ0) is 12.4.